The molecule has 2 aromatic carbocycles. The lowest BCUT2D eigenvalue weighted by molar-refractivity contribution is 0.0467. The van der Waals surface area contributed by atoms with Crippen molar-refractivity contribution in [2.75, 3.05) is 0 Å². The van der Waals surface area contributed by atoms with E-state index < -0.39 is 0 Å². The van der Waals surface area contributed by atoms with Crippen LogP contribution in [-0.4, -0.2) is 11.0 Å². The number of nitrogens with one attached hydrogen (secondary N) is 1. The molecule has 0 radical (unpaired) electrons. The van der Waals surface area contributed by atoms with Crippen LogP contribution in [-0.2, 0) is 16.8 Å². The molecule has 4 heteroatoms. The maximum absolute atomic E-state index is 12.3. The molecule has 1 heterocycles. The molecule has 0 amide bonds. The summed E-state index contributed by atoms with van der Waals surface area (Å²) < 4.78 is 5.42. The maximum atomic E-state index is 12.3. The van der Waals surface area contributed by atoms with Crippen LogP contribution < -0.4 is 0 Å². The summed E-state index contributed by atoms with van der Waals surface area (Å²) in [5, 5.41) is 1.56. The lowest BCUT2D eigenvalue weighted by Gasteiger charge is -2.23. The lowest BCUT2D eigenvalue weighted by atomic mass is 9.82. The lowest BCUT2D eigenvalue weighted by Crippen LogP contribution is -2.15. The van der Waals surface area contributed by atoms with E-state index in [1.807, 2.05) is 18.2 Å². The smallest absolute Gasteiger partial charge is 0.355 e. The fourth-order valence-corrected chi connectivity index (χ4v) is 2.86. The van der Waals surface area contributed by atoms with E-state index in [0.717, 1.165) is 22.9 Å². The summed E-state index contributed by atoms with van der Waals surface area (Å²) in [6.07, 6.45) is 1.08. The normalized spacial score (nSPS) is 11.7. The first-order valence-corrected chi connectivity index (χ1v) is 8.81. The summed E-state index contributed by atoms with van der Waals surface area (Å²) in [6, 6.07) is 15.5. The average molecular weight is 356 g/mol. The van der Waals surface area contributed by atoms with Gasteiger partial charge >= 0.3 is 5.97 Å². The van der Waals surface area contributed by atoms with Gasteiger partial charge in [0.2, 0.25) is 0 Å². The van der Waals surface area contributed by atoms with Crippen molar-refractivity contribution in [2.24, 2.45) is 0 Å². The molecule has 1 aromatic heterocycles. The van der Waals surface area contributed by atoms with Gasteiger partial charge in [-0.1, -0.05) is 62.7 Å². The van der Waals surface area contributed by atoms with Crippen molar-refractivity contribution >= 4 is 28.5 Å². The summed E-state index contributed by atoms with van der Waals surface area (Å²) in [5.41, 5.74) is 3.67. The van der Waals surface area contributed by atoms with Crippen LogP contribution in [0.4, 0.5) is 0 Å². The minimum atomic E-state index is -0.370. The number of carbonyl (C=O) groups excluding carboxylic acids is 1. The Balaban J connectivity index is 1.67. The third-order valence-electron chi connectivity index (χ3n) is 4.79. The molecule has 130 valence electrons. The number of halogens is 1. The van der Waals surface area contributed by atoms with Crippen LogP contribution in [0.1, 0.15) is 48.8 Å². The number of ether oxygens (including phenoxy) is 1. The van der Waals surface area contributed by atoms with Crippen LogP contribution >= 0.6 is 11.6 Å². The first-order chi connectivity index (χ1) is 11.9. The van der Waals surface area contributed by atoms with E-state index >= 15 is 0 Å². The van der Waals surface area contributed by atoms with Gasteiger partial charge in [-0.05, 0) is 41.2 Å². The Morgan fingerprint density at radius 1 is 1.12 bits per heavy atom. The number of aromatic nitrogens is 1. The fraction of sp³-hybridized carbons (Fsp3) is 0.286. The Hall–Kier alpha value is -2.26. The second kappa shape index (κ2) is 6.93. The van der Waals surface area contributed by atoms with Gasteiger partial charge in [0.15, 0.2) is 0 Å². The molecular formula is C21H22ClNO2. The highest BCUT2D eigenvalue weighted by Gasteiger charge is 2.17. The molecule has 3 nitrogen and oxygen atoms in total. The molecule has 0 saturated carbocycles. The second-order valence-corrected chi connectivity index (χ2v) is 7.36. The molecule has 25 heavy (non-hydrogen) atoms. The zero-order chi connectivity index (χ0) is 18.0. The Labute approximate surface area is 153 Å². The fourth-order valence-electron chi connectivity index (χ4n) is 2.69. The Morgan fingerprint density at radius 3 is 2.52 bits per heavy atom. The average Bonchev–Trinajstić information content (AvgIpc) is 3.03. The van der Waals surface area contributed by atoms with Crippen molar-refractivity contribution in [2.45, 2.75) is 39.2 Å². The highest BCUT2D eigenvalue weighted by Crippen LogP contribution is 2.27. The van der Waals surface area contributed by atoms with Crippen LogP contribution in [0, 0.1) is 0 Å². The highest BCUT2D eigenvalue weighted by atomic mass is 35.5. The third kappa shape index (κ3) is 3.88. The van der Waals surface area contributed by atoms with Crippen molar-refractivity contribution in [1.29, 1.82) is 0 Å². The molecule has 0 aliphatic rings. The van der Waals surface area contributed by atoms with Crippen molar-refractivity contribution in [3.05, 3.63) is 70.4 Å². The second-order valence-electron chi connectivity index (χ2n) is 6.93. The molecule has 0 bridgehead atoms. The van der Waals surface area contributed by atoms with E-state index in [4.69, 9.17) is 16.3 Å². The Bertz CT molecular complexity index is 894. The molecule has 0 spiro atoms. The van der Waals surface area contributed by atoms with Gasteiger partial charge in [0.1, 0.15) is 12.3 Å². The zero-order valence-corrected chi connectivity index (χ0v) is 15.5. The molecule has 0 saturated heterocycles. The number of hydrogen-bond donors (Lipinski definition) is 1. The minimum absolute atomic E-state index is 0.154. The van der Waals surface area contributed by atoms with Crippen LogP contribution in [0.2, 0.25) is 5.02 Å². The van der Waals surface area contributed by atoms with Gasteiger partial charge in [0.05, 0.1) is 0 Å². The monoisotopic (exact) mass is 355 g/mol. The number of fused-ring (bicyclic) bond motifs is 1. The largest absolute Gasteiger partial charge is 0.456 e. The predicted octanol–water partition coefficient (Wildman–Crippen LogP) is 5.87. The molecule has 1 N–H and O–H groups in total. The summed E-state index contributed by atoms with van der Waals surface area (Å²) in [4.78, 5) is 15.3. The van der Waals surface area contributed by atoms with Crippen LogP contribution in [0.5, 0.6) is 0 Å². The number of H-pyrrole nitrogens is 1. The van der Waals surface area contributed by atoms with Crippen LogP contribution in [0.15, 0.2) is 48.5 Å². The summed E-state index contributed by atoms with van der Waals surface area (Å²) in [5.74, 6) is -0.370. The van der Waals surface area contributed by atoms with Gasteiger partial charge in [0.25, 0.3) is 0 Å². The van der Waals surface area contributed by atoms with E-state index in [2.05, 4.69) is 37.9 Å². The quantitative estimate of drug-likeness (QED) is 0.582. The number of hydrogen-bond acceptors (Lipinski definition) is 2. The first kappa shape index (κ1) is 17.6. The SMILES string of the molecule is CCC(C)(C)c1ccc(COC(=O)c2cc3ccc(Cl)cc3[nH]2)cc1. The maximum Gasteiger partial charge on any atom is 0.355 e. The molecule has 0 aliphatic carbocycles. The molecule has 3 aromatic rings. The molecule has 0 fully saturated rings. The minimum Gasteiger partial charge on any atom is -0.456 e. The van der Waals surface area contributed by atoms with Crippen molar-refractivity contribution in [1.82, 2.24) is 4.98 Å². The zero-order valence-electron chi connectivity index (χ0n) is 14.7. The number of esters is 1. The molecule has 0 unspecified atom stereocenters. The van der Waals surface area contributed by atoms with Crippen molar-refractivity contribution in [3.8, 4) is 0 Å². The van der Waals surface area contributed by atoms with E-state index in [-0.39, 0.29) is 18.0 Å². The highest BCUT2D eigenvalue weighted by molar-refractivity contribution is 6.31. The molecule has 0 atom stereocenters. The van der Waals surface area contributed by atoms with E-state index in [1.165, 1.54) is 5.56 Å². The summed E-state index contributed by atoms with van der Waals surface area (Å²) in [7, 11) is 0. The van der Waals surface area contributed by atoms with Gasteiger partial charge in [-0.25, -0.2) is 4.79 Å². The number of aromatic amines is 1. The van der Waals surface area contributed by atoms with E-state index in [1.54, 1.807) is 18.2 Å². The van der Waals surface area contributed by atoms with E-state index in [9.17, 15) is 4.79 Å². The Morgan fingerprint density at radius 2 is 1.84 bits per heavy atom. The third-order valence-corrected chi connectivity index (χ3v) is 5.03. The number of benzene rings is 2. The number of rotatable bonds is 5. The van der Waals surface area contributed by atoms with Crippen molar-refractivity contribution in [3.63, 3.8) is 0 Å². The van der Waals surface area contributed by atoms with Gasteiger partial charge in [0, 0.05) is 15.9 Å². The molecular weight excluding hydrogens is 334 g/mol. The van der Waals surface area contributed by atoms with Crippen LogP contribution in [0.25, 0.3) is 10.9 Å². The number of carbonyl (C=O) groups is 1. The predicted molar refractivity (Wildman–Crippen MR) is 102 cm³/mol. The molecule has 3 rings (SSSR count). The summed E-state index contributed by atoms with van der Waals surface area (Å²) in [6.45, 7) is 6.89. The topological polar surface area (TPSA) is 42.1 Å². The van der Waals surface area contributed by atoms with Gasteiger partial charge in [-0.3, -0.25) is 0 Å². The molecule has 0 aliphatic heterocycles. The summed E-state index contributed by atoms with van der Waals surface area (Å²) >= 11 is 5.97. The van der Waals surface area contributed by atoms with Gasteiger partial charge in [-0.2, -0.15) is 0 Å². The van der Waals surface area contributed by atoms with Gasteiger partial charge in [-0.15, -0.1) is 0 Å². The van der Waals surface area contributed by atoms with Crippen molar-refractivity contribution < 1.29 is 9.53 Å². The van der Waals surface area contributed by atoms with E-state index in [0.29, 0.717) is 10.7 Å². The first-order valence-electron chi connectivity index (χ1n) is 8.44. The van der Waals surface area contributed by atoms with Gasteiger partial charge < -0.3 is 9.72 Å². The standard InChI is InChI=1S/C21H22ClNO2/c1-4-21(2,3)16-8-5-14(6-9-16)13-25-20(24)19-11-15-7-10-17(22)12-18(15)23-19/h5-12,23H,4,13H2,1-3H3. The van der Waals surface area contributed by atoms with Crippen LogP contribution in [0.3, 0.4) is 0 Å². The Kier molecular flexibility index (Phi) is 4.87.